The first-order valence-electron chi connectivity index (χ1n) is 9.25. The maximum atomic E-state index is 12.3. The van der Waals surface area contributed by atoms with Crippen LogP contribution in [0.25, 0.3) is 0 Å². The van der Waals surface area contributed by atoms with Crippen LogP contribution in [0.5, 0.6) is 0 Å². The van der Waals surface area contributed by atoms with Crippen LogP contribution in [0.15, 0.2) is 54.6 Å². The summed E-state index contributed by atoms with van der Waals surface area (Å²) in [5.41, 5.74) is 2.46. The van der Waals surface area contributed by atoms with Crippen molar-refractivity contribution in [1.82, 2.24) is 15.1 Å². The lowest BCUT2D eigenvalue weighted by Crippen LogP contribution is -2.51. The van der Waals surface area contributed by atoms with Crippen molar-refractivity contribution >= 4 is 17.6 Å². The van der Waals surface area contributed by atoms with Crippen molar-refractivity contribution in [2.75, 3.05) is 32.7 Å². The molecule has 2 aromatic rings. The molecule has 0 radical (unpaired) electrons. The third kappa shape index (κ3) is 5.48. The summed E-state index contributed by atoms with van der Waals surface area (Å²) < 4.78 is 0. The second kappa shape index (κ2) is 9.60. The molecule has 0 aliphatic carbocycles. The van der Waals surface area contributed by atoms with Gasteiger partial charge in [-0.05, 0) is 30.0 Å². The Morgan fingerprint density at radius 2 is 1.65 bits per heavy atom. The predicted octanol–water partition coefficient (Wildman–Crippen LogP) is 3.80. The first-order chi connectivity index (χ1) is 12.7. The molecule has 5 heteroatoms. The van der Waals surface area contributed by atoms with Crippen molar-refractivity contribution in [2.24, 2.45) is 0 Å². The number of amides is 2. The summed E-state index contributed by atoms with van der Waals surface area (Å²) in [7, 11) is 0. The molecule has 0 spiro atoms. The van der Waals surface area contributed by atoms with Crippen LogP contribution < -0.4 is 5.32 Å². The van der Waals surface area contributed by atoms with Crippen LogP contribution in [0.2, 0.25) is 5.02 Å². The van der Waals surface area contributed by atoms with Crippen molar-refractivity contribution < 1.29 is 4.79 Å². The quantitative estimate of drug-likeness (QED) is 0.784. The Labute approximate surface area is 160 Å². The molecule has 26 heavy (non-hydrogen) atoms. The largest absolute Gasteiger partial charge is 0.338 e. The van der Waals surface area contributed by atoms with E-state index in [2.05, 4.69) is 40.5 Å². The molecule has 1 fully saturated rings. The Morgan fingerprint density at radius 3 is 2.38 bits per heavy atom. The van der Waals surface area contributed by atoms with E-state index < -0.39 is 0 Å². The number of carbonyl (C=O) groups is 1. The van der Waals surface area contributed by atoms with Gasteiger partial charge in [0.25, 0.3) is 0 Å². The summed E-state index contributed by atoms with van der Waals surface area (Å²) in [5.74, 6) is 0. The SMILES string of the molecule is O=C(NCCCc1ccccc1)N1CCN(Cc2ccccc2Cl)CC1. The van der Waals surface area contributed by atoms with Crippen LogP contribution >= 0.6 is 11.6 Å². The Morgan fingerprint density at radius 1 is 0.962 bits per heavy atom. The fourth-order valence-electron chi connectivity index (χ4n) is 3.22. The van der Waals surface area contributed by atoms with Crippen LogP contribution in [0.1, 0.15) is 17.5 Å². The minimum absolute atomic E-state index is 0.0513. The standard InChI is InChI=1S/C21H26ClN3O/c22-20-11-5-4-10-19(20)17-24-13-15-25(16-14-24)21(26)23-12-6-9-18-7-2-1-3-8-18/h1-5,7-8,10-11H,6,9,12-17H2,(H,23,26). The van der Waals surface area contributed by atoms with Crippen LogP contribution in [0.3, 0.4) is 0 Å². The summed E-state index contributed by atoms with van der Waals surface area (Å²) in [6, 6.07) is 18.4. The average Bonchev–Trinajstić information content (AvgIpc) is 2.68. The minimum Gasteiger partial charge on any atom is -0.338 e. The molecule has 138 valence electrons. The molecular formula is C21H26ClN3O. The molecule has 2 amide bonds. The Kier molecular flexibility index (Phi) is 6.92. The van der Waals surface area contributed by atoms with Crippen LogP contribution in [-0.2, 0) is 13.0 Å². The average molecular weight is 372 g/mol. The second-order valence-electron chi connectivity index (χ2n) is 6.68. The number of hydrogen-bond donors (Lipinski definition) is 1. The fraction of sp³-hybridized carbons (Fsp3) is 0.381. The summed E-state index contributed by atoms with van der Waals surface area (Å²) in [6.45, 7) is 4.83. The second-order valence-corrected chi connectivity index (χ2v) is 7.08. The van der Waals surface area contributed by atoms with Gasteiger partial charge in [0, 0.05) is 44.3 Å². The molecular weight excluding hydrogens is 346 g/mol. The Balaban J connectivity index is 1.35. The highest BCUT2D eigenvalue weighted by Gasteiger charge is 2.21. The number of aryl methyl sites for hydroxylation is 1. The van der Waals surface area contributed by atoms with Crippen molar-refractivity contribution in [2.45, 2.75) is 19.4 Å². The minimum atomic E-state index is 0.0513. The summed E-state index contributed by atoms with van der Waals surface area (Å²) in [6.07, 6.45) is 1.95. The van der Waals surface area contributed by atoms with E-state index in [4.69, 9.17) is 11.6 Å². The van der Waals surface area contributed by atoms with Gasteiger partial charge >= 0.3 is 6.03 Å². The van der Waals surface area contributed by atoms with Gasteiger partial charge in [-0.2, -0.15) is 0 Å². The smallest absolute Gasteiger partial charge is 0.317 e. The molecule has 3 rings (SSSR count). The van der Waals surface area contributed by atoms with E-state index >= 15 is 0 Å². The molecule has 0 atom stereocenters. The predicted molar refractivity (Wildman–Crippen MR) is 106 cm³/mol. The third-order valence-corrected chi connectivity index (χ3v) is 5.14. The van der Waals surface area contributed by atoms with Gasteiger partial charge in [-0.15, -0.1) is 0 Å². The first kappa shape index (κ1) is 18.7. The van der Waals surface area contributed by atoms with Crippen LogP contribution in [-0.4, -0.2) is 48.6 Å². The monoisotopic (exact) mass is 371 g/mol. The molecule has 1 N–H and O–H groups in total. The zero-order valence-electron chi connectivity index (χ0n) is 15.0. The summed E-state index contributed by atoms with van der Waals surface area (Å²) >= 11 is 6.24. The lowest BCUT2D eigenvalue weighted by Gasteiger charge is -2.34. The lowest BCUT2D eigenvalue weighted by atomic mass is 10.1. The number of carbonyl (C=O) groups excluding carboxylic acids is 1. The number of halogens is 1. The normalized spacial score (nSPS) is 15.0. The van der Waals surface area contributed by atoms with Crippen molar-refractivity contribution in [3.8, 4) is 0 Å². The maximum Gasteiger partial charge on any atom is 0.317 e. The highest BCUT2D eigenvalue weighted by atomic mass is 35.5. The lowest BCUT2D eigenvalue weighted by molar-refractivity contribution is 0.135. The summed E-state index contributed by atoms with van der Waals surface area (Å²) in [4.78, 5) is 16.6. The molecule has 0 unspecified atom stereocenters. The van der Waals surface area contributed by atoms with Crippen LogP contribution in [0, 0.1) is 0 Å². The highest BCUT2D eigenvalue weighted by molar-refractivity contribution is 6.31. The molecule has 4 nitrogen and oxygen atoms in total. The first-order valence-corrected chi connectivity index (χ1v) is 9.62. The van der Waals surface area contributed by atoms with Gasteiger partial charge in [0.15, 0.2) is 0 Å². The summed E-state index contributed by atoms with van der Waals surface area (Å²) in [5, 5.41) is 3.85. The third-order valence-electron chi connectivity index (χ3n) is 4.77. The molecule has 1 aliphatic rings. The van der Waals surface area contributed by atoms with Gasteiger partial charge in [0.05, 0.1) is 0 Å². The Bertz CT molecular complexity index is 699. The van der Waals surface area contributed by atoms with Gasteiger partial charge in [-0.1, -0.05) is 60.1 Å². The number of rotatable bonds is 6. The highest BCUT2D eigenvalue weighted by Crippen LogP contribution is 2.17. The van der Waals surface area contributed by atoms with Crippen molar-refractivity contribution in [3.63, 3.8) is 0 Å². The zero-order chi connectivity index (χ0) is 18.2. The molecule has 0 bridgehead atoms. The number of urea groups is 1. The van der Waals surface area contributed by atoms with Gasteiger partial charge in [0.1, 0.15) is 0 Å². The Hall–Kier alpha value is -2.04. The molecule has 0 aromatic heterocycles. The van der Waals surface area contributed by atoms with Crippen LogP contribution in [0.4, 0.5) is 4.79 Å². The van der Waals surface area contributed by atoms with E-state index in [0.29, 0.717) is 6.54 Å². The zero-order valence-corrected chi connectivity index (χ0v) is 15.8. The molecule has 1 heterocycles. The topological polar surface area (TPSA) is 35.6 Å². The maximum absolute atomic E-state index is 12.3. The molecule has 0 saturated carbocycles. The van der Waals surface area contributed by atoms with Gasteiger partial charge in [-0.25, -0.2) is 4.79 Å². The van der Waals surface area contributed by atoms with Gasteiger partial charge in [0.2, 0.25) is 0 Å². The fourth-order valence-corrected chi connectivity index (χ4v) is 3.42. The van der Waals surface area contributed by atoms with E-state index in [9.17, 15) is 4.79 Å². The number of piperazine rings is 1. The van der Waals surface area contributed by atoms with E-state index in [1.54, 1.807) is 0 Å². The van der Waals surface area contributed by atoms with E-state index in [0.717, 1.165) is 56.2 Å². The number of nitrogens with one attached hydrogen (secondary N) is 1. The molecule has 1 aliphatic heterocycles. The van der Waals surface area contributed by atoms with Crippen molar-refractivity contribution in [3.05, 3.63) is 70.7 Å². The van der Waals surface area contributed by atoms with Gasteiger partial charge in [-0.3, -0.25) is 4.90 Å². The van der Waals surface area contributed by atoms with Crippen molar-refractivity contribution in [1.29, 1.82) is 0 Å². The number of hydrogen-bond acceptors (Lipinski definition) is 2. The number of nitrogens with zero attached hydrogens (tertiary/aromatic N) is 2. The molecule has 1 saturated heterocycles. The van der Waals surface area contributed by atoms with E-state index in [1.165, 1.54) is 5.56 Å². The van der Waals surface area contributed by atoms with Gasteiger partial charge < -0.3 is 10.2 Å². The van der Waals surface area contributed by atoms with E-state index in [1.807, 2.05) is 29.2 Å². The van der Waals surface area contributed by atoms with E-state index in [-0.39, 0.29) is 6.03 Å². The number of benzene rings is 2. The molecule has 2 aromatic carbocycles.